The summed E-state index contributed by atoms with van der Waals surface area (Å²) in [6, 6.07) is 0.430. The summed E-state index contributed by atoms with van der Waals surface area (Å²) in [7, 11) is 0. The van der Waals surface area contributed by atoms with Crippen molar-refractivity contribution >= 4 is 17.4 Å². The highest BCUT2D eigenvalue weighted by molar-refractivity contribution is 7.10. The van der Waals surface area contributed by atoms with E-state index < -0.39 is 0 Å². The average Bonchev–Trinajstić information content (AvgIpc) is 2.58. The predicted octanol–water partition coefficient (Wildman–Crippen LogP) is 2.85. The topological polar surface area (TPSA) is 24.9 Å². The largest absolute Gasteiger partial charge is 0.311 e. The van der Waals surface area contributed by atoms with Crippen LogP contribution in [0.5, 0.6) is 0 Å². The fourth-order valence-corrected chi connectivity index (χ4v) is 1.81. The maximum atomic E-state index is 4.37. The molecule has 1 heterocycles. The Morgan fingerprint density at radius 3 is 3.00 bits per heavy atom. The molecule has 0 fully saturated rings. The van der Waals surface area contributed by atoms with Gasteiger partial charge in [-0.15, -0.1) is 11.3 Å². The van der Waals surface area contributed by atoms with Gasteiger partial charge in [0.1, 0.15) is 5.01 Å². The van der Waals surface area contributed by atoms with Crippen LogP contribution in [0.1, 0.15) is 31.0 Å². The average molecular weight is 210 g/mol. The fourth-order valence-electron chi connectivity index (χ4n) is 1.12. The van der Waals surface area contributed by atoms with Crippen LogP contribution in [0.2, 0.25) is 0 Å². The van der Waals surface area contributed by atoms with E-state index in [0.29, 0.717) is 6.04 Å². The lowest BCUT2D eigenvalue weighted by Gasteiger charge is -2.06. The van der Waals surface area contributed by atoms with Crippen molar-refractivity contribution in [3.63, 3.8) is 0 Å². The lowest BCUT2D eigenvalue weighted by molar-refractivity contribution is 0.625. The molecular formula is C11H18N2S. The normalized spacial score (nSPS) is 13.6. The van der Waals surface area contributed by atoms with Crippen molar-refractivity contribution in [1.82, 2.24) is 10.3 Å². The van der Waals surface area contributed by atoms with Crippen LogP contribution in [-0.4, -0.2) is 17.6 Å². The molecule has 0 radical (unpaired) electrons. The van der Waals surface area contributed by atoms with Gasteiger partial charge in [-0.1, -0.05) is 13.0 Å². The van der Waals surface area contributed by atoms with Gasteiger partial charge in [-0.3, -0.25) is 0 Å². The molecule has 1 atom stereocenters. The van der Waals surface area contributed by atoms with Crippen molar-refractivity contribution in [1.29, 1.82) is 0 Å². The maximum Gasteiger partial charge on any atom is 0.116 e. The fraction of sp³-hybridized carbons (Fsp3) is 0.545. The van der Waals surface area contributed by atoms with Gasteiger partial charge in [0.25, 0.3) is 0 Å². The molecule has 0 saturated carbocycles. The highest BCUT2D eigenvalue weighted by Crippen LogP contribution is 2.10. The zero-order valence-electron chi connectivity index (χ0n) is 9.08. The molecule has 1 aromatic rings. The van der Waals surface area contributed by atoms with Gasteiger partial charge in [0.15, 0.2) is 0 Å². The first-order valence-corrected chi connectivity index (χ1v) is 5.94. The standard InChI is InChI=1S/C11H18N2S/c1-4-7-12-9(2)5-6-11-13-10(3)8-14-11/h5-6,8-9,12H,4,7H2,1-3H3/b6-5+. The van der Waals surface area contributed by atoms with E-state index in [2.05, 4.69) is 41.7 Å². The first kappa shape index (κ1) is 11.4. The second kappa shape index (κ2) is 5.94. The quantitative estimate of drug-likeness (QED) is 0.808. The van der Waals surface area contributed by atoms with E-state index in [0.717, 1.165) is 17.2 Å². The van der Waals surface area contributed by atoms with Gasteiger partial charge in [-0.2, -0.15) is 0 Å². The minimum Gasteiger partial charge on any atom is -0.311 e. The second-order valence-electron chi connectivity index (χ2n) is 3.43. The summed E-state index contributed by atoms with van der Waals surface area (Å²) >= 11 is 1.69. The summed E-state index contributed by atoms with van der Waals surface area (Å²) in [5, 5.41) is 6.56. The molecule has 0 aliphatic heterocycles. The number of thiazole rings is 1. The first-order chi connectivity index (χ1) is 6.72. The van der Waals surface area contributed by atoms with E-state index in [4.69, 9.17) is 0 Å². The van der Waals surface area contributed by atoms with Crippen LogP contribution in [0.4, 0.5) is 0 Å². The molecule has 3 heteroatoms. The second-order valence-corrected chi connectivity index (χ2v) is 4.32. The number of nitrogens with zero attached hydrogens (tertiary/aromatic N) is 1. The Bertz CT molecular complexity index is 291. The third-order valence-electron chi connectivity index (χ3n) is 1.88. The van der Waals surface area contributed by atoms with Crippen LogP contribution < -0.4 is 5.32 Å². The summed E-state index contributed by atoms with van der Waals surface area (Å²) in [5.41, 5.74) is 1.10. The van der Waals surface area contributed by atoms with E-state index in [9.17, 15) is 0 Å². The van der Waals surface area contributed by atoms with Crippen LogP contribution in [0.3, 0.4) is 0 Å². The smallest absolute Gasteiger partial charge is 0.116 e. The Kier molecular flexibility index (Phi) is 4.84. The van der Waals surface area contributed by atoms with Crippen LogP contribution in [-0.2, 0) is 0 Å². The van der Waals surface area contributed by atoms with Gasteiger partial charge >= 0.3 is 0 Å². The van der Waals surface area contributed by atoms with E-state index >= 15 is 0 Å². The maximum absolute atomic E-state index is 4.37. The Labute approximate surface area is 90.1 Å². The molecule has 1 rings (SSSR count). The zero-order valence-corrected chi connectivity index (χ0v) is 9.90. The number of rotatable bonds is 5. The van der Waals surface area contributed by atoms with Crippen molar-refractivity contribution < 1.29 is 0 Å². The summed E-state index contributed by atoms with van der Waals surface area (Å²) < 4.78 is 0. The molecule has 14 heavy (non-hydrogen) atoms. The van der Waals surface area contributed by atoms with Gasteiger partial charge in [0.05, 0.1) is 0 Å². The Morgan fingerprint density at radius 2 is 2.43 bits per heavy atom. The van der Waals surface area contributed by atoms with Crippen molar-refractivity contribution in [2.45, 2.75) is 33.2 Å². The molecule has 0 saturated heterocycles. The van der Waals surface area contributed by atoms with Crippen LogP contribution in [0.15, 0.2) is 11.5 Å². The molecule has 2 nitrogen and oxygen atoms in total. The van der Waals surface area contributed by atoms with Gasteiger partial charge < -0.3 is 5.32 Å². The van der Waals surface area contributed by atoms with Crippen molar-refractivity contribution in [2.75, 3.05) is 6.54 Å². The summed E-state index contributed by atoms with van der Waals surface area (Å²) in [4.78, 5) is 4.37. The molecule has 0 bridgehead atoms. The zero-order chi connectivity index (χ0) is 10.4. The first-order valence-electron chi connectivity index (χ1n) is 5.06. The number of aromatic nitrogens is 1. The van der Waals surface area contributed by atoms with Gasteiger partial charge in [0.2, 0.25) is 0 Å². The molecule has 0 amide bonds. The summed E-state index contributed by atoms with van der Waals surface area (Å²) in [6.45, 7) is 7.43. The minimum absolute atomic E-state index is 0.430. The third-order valence-corrected chi connectivity index (χ3v) is 2.81. The van der Waals surface area contributed by atoms with Gasteiger partial charge in [-0.25, -0.2) is 4.98 Å². The molecule has 1 N–H and O–H groups in total. The highest BCUT2D eigenvalue weighted by Gasteiger charge is 1.96. The van der Waals surface area contributed by atoms with Gasteiger partial charge in [0, 0.05) is 17.1 Å². The number of nitrogens with one attached hydrogen (secondary N) is 1. The van der Waals surface area contributed by atoms with E-state index in [1.807, 2.05) is 6.92 Å². The number of aryl methyl sites for hydroxylation is 1. The highest BCUT2D eigenvalue weighted by atomic mass is 32.1. The monoisotopic (exact) mass is 210 g/mol. The van der Waals surface area contributed by atoms with Crippen LogP contribution >= 0.6 is 11.3 Å². The van der Waals surface area contributed by atoms with Crippen molar-refractivity contribution in [3.8, 4) is 0 Å². The minimum atomic E-state index is 0.430. The molecular weight excluding hydrogens is 192 g/mol. The van der Waals surface area contributed by atoms with Crippen LogP contribution in [0, 0.1) is 6.92 Å². The Morgan fingerprint density at radius 1 is 1.64 bits per heavy atom. The molecule has 0 spiro atoms. The van der Waals surface area contributed by atoms with E-state index in [1.165, 1.54) is 6.42 Å². The Balaban J connectivity index is 2.39. The number of hydrogen-bond donors (Lipinski definition) is 1. The summed E-state index contributed by atoms with van der Waals surface area (Å²) in [6.07, 6.45) is 5.42. The van der Waals surface area contributed by atoms with Gasteiger partial charge in [-0.05, 0) is 32.9 Å². The third kappa shape index (κ3) is 4.03. The van der Waals surface area contributed by atoms with Crippen LogP contribution in [0.25, 0.3) is 6.08 Å². The molecule has 0 aliphatic carbocycles. The lowest BCUT2D eigenvalue weighted by Crippen LogP contribution is -2.24. The van der Waals surface area contributed by atoms with E-state index in [-0.39, 0.29) is 0 Å². The van der Waals surface area contributed by atoms with Crippen molar-refractivity contribution in [3.05, 3.63) is 22.2 Å². The molecule has 1 aromatic heterocycles. The predicted molar refractivity (Wildman–Crippen MR) is 63.6 cm³/mol. The summed E-state index contributed by atoms with van der Waals surface area (Å²) in [5.74, 6) is 0. The number of hydrogen-bond acceptors (Lipinski definition) is 3. The SMILES string of the molecule is CCCNC(C)/C=C/c1nc(C)cs1. The van der Waals surface area contributed by atoms with Crippen molar-refractivity contribution in [2.24, 2.45) is 0 Å². The Hall–Kier alpha value is -0.670. The lowest BCUT2D eigenvalue weighted by atomic mass is 10.3. The molecule has 78 valence electrons. The molecule has 0 aliphatic rings. The molecule has 0 aromatic carbocycles. The van der Waals surface area contributed by atoms with E-state index in [1.54, 1.807) is 11.3 Å². The molecule has 1 unspecified atom stereocenters.